The molecule has 0 aliphatic carbocycles. The van der Waals surface area contributed by atoms with Gasteiger partial charge in [0, 0.05) is 25.7 Å². The number of aliphatic hydroxyl groups is 1. The first-order chi connectivity index (χ1) is 48.6. The normalized spacial score (nSPS) is 14.1. The van der Waals surface area contributed by atoms with Crippen LogP contribution in [-0.2, 0) is 65.4 Å². The van der Waals surface area contributed by atoms with E-state index in [1.807, 2.05) is 0 Å². The fourth-order valence-electron chi connectivity index (χ4n) is 12.6. The molecule has 0 aliphatic heterocycles. The van der Waals surface area contributed by atoms with Crippen molar-refractivity contribution in [2.75, 3.05) is 39.6 Å². The number of hydrogen-bond acceptors (Lipinski definition) is 15. The van der Waals surface area contributed by atoms with E-state index in [1.54, 1.807) is 0 Å². The lowest BCUT2D eigenvalue weighted by atomic mass is 9.99. The Morgan fingerprint density at radius 3 is 0.710 bits per heavy atom. The molecule has 0 bridgehead atoms. The minimum absolute atomic E-state index is 0.107. The van der Waals surface area contributed by atoms with Crippen molar-refractivity contribution in [2.24, 2.45) is 5.92 Å². The molecule has 0 aromatic rings. The molecule has 0 aliphatic rings. The molecule has 3 unspecified atom stereocenters. The van der Waals surface area contributed by atoms with Crippen LogP contribution in [-0.4, -0.2) is 96.7 Å². The van der Waals surface area contributed by atoms with Gasteiger partial charge in [-0.3, -0.25) is 37.3 Å². The number of aliphatic hydroxyl groups excluding tert-OH is 1. The third kappa shape index (κ3) is 73.0. The highest BCUT2D eigenvalue weighted by molar-refractivity contribution is 7.47. The standard InChI is InChI=1S/C81H158O17P2/c1-6-10-13-16-19-22-24-26-28-30-32-34-36-38-40-46-51-56-61-66-80(85)97-77(71-92-79(84)65-60-55-50-45-39-37-35-33-31-29-27-25-23-20-17-14-11-7-2)73-96-100(89,90)94-69-75(82)68-93-99(87,88)95-72-76(70-91-78(83)64-59-54-49-43-21-18-15-12-8-3)98-81(86)67-62-57-52-47-42-41-44-48-53-58-63-74(5)9-4/h74-77,82H,6-73H2,1-5H3,(H,87,88)(H,89,90)/t74?,75-,76+,77+/m0/s1. The highest BCUT2D eigenvalue weighted by Gasteiger charge is 2.30. The van der Waals surface area contributed by atoms with Crippen LogP contribution in [0, 0.1) is 5.92 Å². The minimum Gasteiger partial charge on any atom is -0.462 e. The van der Waals surface area contributed by atoms with Crippen molar-refractivity contribution in [3.8, 4) is 0 Å². The average Bonchev–Trinajstić information content (AvgIpc) is 0.974. The Balaban J connectivity index is 5.22. The van der Waals surface area contributed by atoms with E-state index in [-0.39, 0.29) is 25.7 Å². The van der Waals surface area contributed by atoms with Crippen LogP contribution >= 0.6 is 15.6 Å². The van der Waals surface area contributed by atoms with Crippen molar-refractivity contribution in [3.63, 3.8) is 0 Å². The van der Waals surface area contributed by atoms with Gasteiger partial charge in [-0.25, -0.2) is 9.13 Å². The van der Waals surface area contributed by atoms with Crippen LogP contribution < -0.4 is 0 Å². The number of phosphoric ester groups is 2. The molecule has 0 aromatic carbocycles. The van der Waals surface area contributed by atoms with E-state index in [2.05, 4.69) is 34.6 Å². The predicted molar refractivity (Wildman–Crippen MR) is 409 cm³/mol. The lowest BCUT2D eigenvalue weighted by Gasteiger charge is -2.21. The summed E-state index contributed by atoms with van der Waals surface area (Å²) in [5.41, 5.74) is 0. The van der Waals surface area contributed by atoms with Crippen molar-refractivity contribution in [1.82, 2.24) is 0 Å². The van der Waals surface area contributed by atoms with E-state index >= 15 is 0 Å². The Labute approximate surface area is 613 Å². The number of carbonyl (C=O) groups is 4. The van der Waals surface area contributed by atoms with Crippen molar-refractivity contribution >= 4 is 39.5 Å². The van der Waals surface area contributed by atoms with E-state index < -0.39 is 97.5 Å². The first-order valence-electron chi connectivity index (χ1n) is 42.2. The van der Waals surface area contributed by atoms with Gasteiger partial charge in [0.1, 0.15) is 19.3 Å². The lowest BCUT2D eigenvalue weighted by Crippen LogP contribution is -2.30. The summed E-state index contributed by atoms with van der Waals surface area (Å²) in [5, 5.41) is 10.6. The molecule has 0 radical (unpaired) electrons. The SMILES string of the molecule is CCCCCCCCCCCCCCCCCCCCCC(=O)O[C@H](COC(=O)CCCCCCCCCCCCCCCCCCCC)COP(=O)(O)OC[C@@H](O)COP(=O)(O)OC[C@@H](COC(=O)CCCCCCCCCCC)OC(=O)CCCCCCCCCCCCC(C)CC. The summed E-state index contributed by atoms with van der Waals surface area (Å²) in [5.74, 6) is -1.30. The first kappa shape index (κ1) is 98.1. The second kappa shape index (κ2) is 73.9. The molecule has 594 valence electrons. The summed E-state index contributed by atoms with van der Waals surface area (Å²) < 4.78 is 68.7. The molecule has 3 N–H and O–H groups in total. The summed E-state index contributed by atoms with van der Waals surface area (Å²) >= 11 is 0. The van der Waals surface area contributed by atoms with Gasteiger partial charge in [0.15, 0.2) is 12.2 Å². The highest BCUT2D eigenvalue weighted by atomic mass is 31.2. The lowest BCUT2D eigenvalue weighted by molar-refractivity contribution is -0.161. The van der Waals surface area contributed by atoms with Gasteiger partial charge in [0.2, 0.25) is 0 Å². The van der Waals surface area contributed by atoms with E-state index in [9.17, 15) is 43.2 Å². The first-order valence-corrected chi connectivity index (χ1v) is 45.2. The van der Waals surface area contributed by atoms with Gasteiger partial charge < -0.3 is 33.8 Å². The van der Waals surface area contributed by atoms with Crippen molar-refractivity contribution in [3.05, 3.63) is 0 Å². The summed E-state index contributed by atoms with van der Waals surface area (Å²) in [7, 11) is -9.92. The second-order valence-corrected chi connectivity index (χ2v) is 32.3. The van der Waals surface area contributed by atoms with Crippen LogP contribution in [0.4, 0.5) is 0 Å². The number of unbranched alkanes of at least 4 members (excludes halogenated alkanes) is 52. The molecule has 0 aromatic heterocycles. The Morgan fingerprint density at radius 1 is 0.280 bits per heavy atom. The van der Waals surface area contributed by atoms with Gasteiger partial charge in [0.05, 0.1) is 26.4 Å². The van der Waals surface area contributed by atoms with Crippen molar-refractivity contribution in [1.29, 1.82) is 0 Å². The molecule has 0 amide bonds. The molecule has 0 spiro atoms. The number of rotatable bonds is 81. The molecule has 0 fully saturated rings. The monoisotopic (exact) mass is 1470 g/mol. The smallest absolute Gasteiger partial charge is 0.462 e. The van der Waals surface area contributed by atoms with Gasteiger partial charge in [-0.2, -0.15) is 0 Å². The molecule has 17 nitrogen and oxygen atoms in total. The van der Waals surface area contributed by atoms with Crippen LogP contribution in [0.25, 0.3) is 0 Å². The molecule has 0 heterocycles. The largest absolute Gasteiger partial charge is 0.472 e. The third-order valence-corrected chi connectivity index (χ3v) is 21.3. The number of hydrogen-bond donors (Lipinski definition) is 3. The zero-order valence-electron chi connectivity index (χ0n) is 65.3. The molecule has 6 atom stereocenters. The maximum absolute atomic E-state index is 13.1. The summed E-state index contributed by atoms with van der Waals surface area (Å²) in [6, 6.07) is 0. The molecule has 19 heteroatoms. The van der Waals surface area contributed by atoms with Gasteiger partial charge in [-0.1, -0.05) is 381 Å². The van der Waals surface area contributed by atoms with Gasteiger partial charge in [0.25, 0.3) is 0 Å². The third-order valence-electron chi connectivity index (χ3n) is 19.4. The second-order valence-electron chi connectivity index (χ2n) is 29.4. The maximum Gasteiger partial charge on any atom is 0.472 e. The Morgan fingerprint density at radius 2 is 0.480 bits per heavy atom. The molecule has 100 heavy (non-hydrogen) atoms. The van der Waals surface area contributed by atoms with Gasteiger partial charge in [-0.05, 0) is 31.6 Å². The number of ether oxygens (including phenoxy) is 4. The van der Waals surface area contributed by atoms with Crippen molar-refractivity contribution in [2.45, 2.75) is 451 Å². The molecule has 0 saturated heterocycles. The molecule has 0 rings (SSSR count). The van der Waals surface area contributed by atoms with Crippen LogP contribution in [0.3, 0.4) is 0 Å². The Bertz CT molecular complexity index is 1910. The molecular formula is C81H158O17P2. The topological polar surface area (TPSA) is 237 Å². The number of esters is 4. The Kier molecular flexibility index (Phi) is 72.5. The van der Waals surface area contributed by atoms with E-state index in [0.29, 0.717) is 25.7 Å². The molecular weight excluding hydrogens is 1310 g/mol. The van der Waals surface area contributed by atoms with E-state index in [4.69, 9.17) is 37.0 Å². The average molecular weight is 1470 g/mol. The van der Waals surface area contributed by atoms with E-state index in [1.165, 1.54) is 257 Å². The number of phosphoric acid groups is 2. The van der Waals surface area contributed by atoms with Gasteiger partial charge >= 0.3 is 39.5 Å². The maximum atomic E-state index is 13.1. The zero-order valence-corrected chi connectivity index (χ0v) is 67.1. The fourth-order valence-corrected chi connectivity index (χ4v) is 14.1. The van der Waals surface area contributed by atoms with E-state index in [0.717, 1.165) is 95.8 Å². The highest BCUT2D eigenvalue weighted by Crippen LogP contribution is 2.45. The number of carbonyl (C=O) groups excluding carboxylic acids is 4. The summed E-state index contributed by atoms with van der Waals surface area (Å²) in [4.78, 5) is 73.0. The summed E-state index contributed by atoms with van der Waals surface area (Å²) in [6.45, 7) is 7.34. The Hall–Kier alpha value is -1.94. The van der Waals surface area contributed by atoms with Crippen LogP contribution in [0.15, 0.2) is 0 Å². The minimum atomic E-state index is -4.96. The van der Waals surface area contributed by atoms with Crippen LogP contribution in [0.5, 0.6) is 0 Å². The van der Waals surface area contributed by atoms with Crippen molar-refractivity contribution < 1.29 is 80.2 Å². The zero-order chi connectivity index (χ0) is 73.4. The van der Waals surface area contributed by atoms with Crippen LogP contribution in [0.1, 0.15) is 433 Å². The van der Waals surface area contributed by atoms with Gasteiger partial charge in [-0.15, -0.1) is 0 Å². The predicted octanol–water partition coefficient (Wildman–Crippen LogP) is 24.4. The molecule has 0 saturated carbocycles. The quantitative estimate of drug-likeness (QED) is 0.0222. The van der Waals surface area contributed by atoms with Crippen LogP contribution in [0.2, 0.25) is 0 Å². The summed E-state index contributed by atoms with van der Waals surface area (Å²) in [6.07, 6.45) is 65.2. The fraction of sp³-hybridized carbons (Fsp3) is 0.951.